The summed E-state index contributed by atoms with van der Waals surface area (Å²) in [5, 5.41) is 0. The number of allylic oxidation sites excluding steroid dienone is 2. The lowest BCUT2D eigenvalue weighted by molar-refractivity contribution is 0.134. The zero-order valence-corrected chi connectivity index (χ0v) is 19.8. The molecular formula is C30H38N2. The number of rotatable bonds is 3. The van der Waals surface area contributed by atoms with Crippen molar-refractivity contribution in [3.05, 3.63) is 71.1 Å². The molecular weight excluding hydrogens is 388 g/mol. The molecule has 2 fully saturated rings. The fourth-order valence-corrected chi connectivity index (χ4v) is 7.74. The van der Waals surface area contributed by atoms with E-state index >= 15 is 0 Å². The molecule has 1 atom stereocenters. The average molecular weight is 428 g/mol. The molecule has 0 radical (unpaired) electrons. The standard InChI is InChI=1S/C30H38N2/c1-22-13-9-11-19-27(22)31-21-32-28-20-12-10-18-26(28)30(29(32)23(31)2,24-14-5-3-6-15-24)25-16-7-4-8-17-25/h9-13,18-20,24-25H,3-8,14-17,21H2,1-2H3/i21D. The lowest BCUT2D eigenvalue weighted by Gasteiger charge is -2.48. The van der Waals surface area contributed by atoms with Gasteiger partial charge >= 0.3 is 0 Å². The first kappa shape index (κ1) is 19.3. The minimum atomic E-state index is -0.434. The van der Waals surface area contributed by atoms with Crippen LogP contribution in [0.1, 0.15) is 83.6 Å². The van der Waals surface area contributed by atoms with Gasteiger partial charge in [-0.05, 0) is 74.6 Å². The Kier molecular flexibility index (Phi) is 4.80. The molecule has 6 rings (SSSR count). The van der Waals surface area contributed by atoms with E-state index in [1.807, 2.05) is 0 Å². The van der Waals surface area contributed by atoms with Crippen LogP contribution in [0.4, 0.5) is 11.4 Å². The predicted molar refractivity (Wildman–Crippen MR) is 135 cm³/mol. The van der Waals surface area contributed by atoms with Crippen molar-refractivity contribution in [2.45, 2.75) is 83.5 Å². The maximum absolute atomic E-state index is 9.53. The molecule has 2 aromatic rings. The molecule has 4 aliphatic rings. The summed E-state index contributed by atoms with van der Waals surface area (Å²) in [6, 6.07) is 17.8. The Bertz CT molecular complexity index is 1040. The van der Waals surface area contributed by atoms with E-state index in [0.717, 1.165) is 0 Å². The third kappa shape index (κ3) is 2.84. The zero-order valence-electron chi connectivity index (χ0n) is 20.8. The average Bonchev–Trinajstić information content (AvgIpc) is 3.31. The van der Waals surface area contributed by atoms with Gasteiger partial charge in [0.05, 0.1) is 13.7 Å². The first-order chi connectivity index (χ1) is 16.2. The zero-order chi connectivity index (χ0) is 22.6. The van der Waals surface area contributed by atoms with Gasteiger partial charge in [-0.15, -0.1) is 0 Å². The van der Waals surface area contributed by atoms with Gasteiger partial charge in [0.1, 0.15) is 0 Å². The molecule has 2 saturated carbocycles. The first-order valence-electron chi connectivity index (χ1n) is 13.6. The molecule has 2 aliphatic carbocycles. The largest absolute Gasteiger partial charge is 0.325 e. The second-order valence-corrected chi connectivity index (χ2v) is 10.6. The van der Waals surface area contributed by atoms with E-state index in [4.69, 9.17) is 0 Å². The Morgan fingerprint density at radius 3 is 1.91 bits per heavy atom. The number of hydrogen-bond donors (Lipinski definition) is 0. The summed E-state index contributed by atoms with van der Waals surface area (Å²) in [6.45, 7) is 4.07. The Balaban J connectivity index is 1.61. The highest BCUT2D eigenvalue weighted by atomic mass is 15.4. The third-order valence-electron chi connectivity index (χ3n) is 9.05. The quantitative estimate of drug-likeness (QED) is 0.491. The van der Waals surface area contributed by atoms with E-state index in [9.17, 15) is 1.37 Å². The van der Waals surface area contributed by atoms with Crippen LogP contribution in [0.25, 0.3) is 0 Å². The van der Waals surface area contributed by atoms with Gasteiger partial charge in [-0.3, -0.25) is 0 Å². The van der Waals surface area contributed by atoms with E-state index in [1.54, 1.807) is 5.56 Å². The van der Waals surface area contributed by atoms with Gasteiger partial charge in [-0.2, -0.15) is 0 Å². The van der Waals surface area contributed by atoms with E-state index in [0.29, 0.717) is 11.8 Å². The minimum Gasteiger partial charge on any atom is -0.325 e. The van der Waals surface area contributed by atoms with Crippen molar-refractivity contribution in [3.63, 3.8) is 0 Å². The van der Waals surface area contributed by atoms with Crippen molar-refractivity contribution in [1.29, 1.82) is 0 Å². The lowest BCUT2D eigenvalue weighted by Crippen LogP contribution is -2.45. The molecule has 2 aromatic carbocycles. The molecule has 2 nitrogen and oxygen atoms in total. The molecule has 32 heavy (non-hydrogen) atoms. The summed E-state index contributed by atoms with van der Waals surface area (Å²) in [4.78, 5) is 4.75. The maximum atomic E-state index is 9.53. The van der Waals surface area contributed by atoms with Crippen molar-refractivity contribution in [2.24, 2.45) is 11.8 Å². The van der Waals surface area contributed by atoms with Crippen LogP contribution >= 0.6 is 0 Å². The van der Waals surface area contributed by atoms with Crippen molar-refractivity contribution in [2.75, 3.05) is 16.4 Å². The van der Waals surface area contributed by atoms with Crippen LogP contribution in [0.5, 0.6) is 0 Å². The highest BCUT2D eigenvalue weighted by Crippen LogP contribution is 2.63. The number of aryl methyl sites for hydroxylation is 1. The fraction of sp³-hybridized carbons (Fsp3) is 0.533. The lowest BCUT2D eigenvalue weighted by atomic mass is 9.55. The number of anilines is 2. The van der Waals surface area contributed by atoms with Crippen LogP contribution in [0.3, 0.4) is 0 Å². The number of hydrogen-bond acceptors (Lipinski definition) is 2. The second kappa shape index (κ2) is 7.97. The maximum Gasteiger partial charge on any atom is 0.0995 e. The number of fused-ring (bicyclic) bond motifs is 3. The van der Waals surface area contributed by atoms with Gasteiger partial charge in [0.2, 0.25) is 0 Å². The Labute approximate surface area is 195 Å². The number of nitrogens with zero attached hydrogens (tertiary/aromatic N) is 2. The van der Waals surface area contributed by atoms with Crippen molar-refractivity contribution < 1.29 is 1.37 Å². The van der Waals surface area contributed by atoms with Crippen molar-refractivity contribution in [3.8, 4) is 0 Å². The van der Waals surface area contributed by atoms with Crippen LogP contribution in [0.15, 0.2) is 59.9 Å². The topological polar surface area (TPSA) is 6.48 Å². The van der Waals surface area contributed by atoms with E-state index in [2.05, 4.69) is 72.2 Å². The highest BCUT2D eigenvalue weighted by Gasteiger charge is 2.58. The van der Waals surface area contributed by atoms with Crippen LogP contribution in [-0.2, 0) is 5.41 Å². The van der Waals surface area contributed by atoms with Crippen LogP contribution < -0.4 is 9.80 Å². The molecule has 1 unspecified atom stereocenters. The van der Waals surface area contributed by atoms with E-state index < -0.39 is 6.64 Å². The van der Waals surface area contributed by atoms with E-state index in [-0.39, 0.29) is 5.41 Å². The van der Waals surface area contributed by atoms with Gasteiger partial charge in [-0.1, -0.05) is 74.9 Å². The summed E-state index contributed by atoms with van der Waals surface area (Å²) in [7, 11) is 0. The van der Waals surface area contributed by atoms with E-state index in [1.165, 1.54) is 92.5 Å². The van der Waals surface area contributed by atoms with Gasteiger partial charge in [0, 0.05) is 22.5 Å². The second-order valence-electron chi connectivity index (χ2n) is 10.6. The first-order valence-corrected chi connectivity index (χ1v) is 13.0. The highest BCUT2D eigenvalue weighted by molar-refractivity contribution is 5.78. The summed E-state index contributed by atoms with van der Waals surface area (Å²) >= 11 is 0. The van der Waals surface area contributed by atoms with Crippen molar-refractivity contribution in [1.82, 2.24) is 0 Å². The van der Waals surface area contributed by atoms with Gasteiger partial charge in [0.25, 0.3) is 0 Å². The number of benzene rings is 2. The molecule has 0 amide bonds. The minimum absolute atomic E-state index is 0.0677. The fourth-order valence-electron chi connectivity index (χ4n) is 7.74. The smallest absolute Gasteiger partial charge is 0.0995 e. The van der Waals surface area contributed by atoms with Gasteiger partial charge in [0.15, 0.2) is 0 Å². The molecule has 2 aliphatic heterocycles. The van der Waals surface area contributed by atoms with Crippen LogP contribution in [0, 0.1) is 18.8 Å². The molecule has 0 spiro atoms. The van der Waals surface area contributed by atoms with Gasteiger partial charge in [-0.25, -0.2) is 0 Å². The summed E-state index contributed by atoms with van der Waals surface area (Å²) in [5.74, 6) is 1.38. The summed E-state index contributed by atoms with van der Waals surface area (Å²) in [6.07, 6.45) is 13.6. The summed E-state index contributed by atoms with van der Waals surface area (Å²) in [5.41, 5.74) is 8.15. The third-order valence-corrected chi connectivity index (χ3v) is 9.05. The Hall–Kier alpha value is -2.22. The molecule has 0 bridgehead atoms. The normalized spacial score (nSPS) is 26.3. The predicted octanol–water partition coefficient (Wildman–Crippen LogP) is 7.92. The Morgan fingerprint density at radius 1 is 0.719 bits per heavy atom. The molecule has 2 heterocycles. The molecule has 0 aromatic heterocycles. The Morgan fingerprint density at radius 2 is 1.28 bits per heavy atom. The van der Waals surface area contributed by atoms with Gasteiger partial charge < -0.3 is 9.80 Å². The van der Waals surface area contributed by atoms with Crippen molar-refractivity contribution >= 4 is 11.4 Å². The molecule has 0 saturated heterocycles. The molecule has 0 N–H and O–H groups in total. The van der Waals surface area contributed by atoms with Crippen LogP contribution in [0.2, 0.25) is 0 Å². The molecule has 168 valence electrons. The number of para-hydroxylation sites is 2. The molecule has 2 heteroatoms. The SMILES string of the molecule is [2H]C1N(c2ccccc2C)C(C)=C2N1c1ccccc1C2(C1CCCCC1)C1CCCCC1. The summed E-state index contributed by atoms with van der Waals surface area (Å²) < 4.78 is 9.53. The monoisotopic (exact) mass is 427 g/mol. The van der Waals surface area contributed by atoms with Crippen LogP contribution in [-0.4, -0.2) is 6.64 Å².